The Hall–Kier alpha value is -5.72. The zero-order valence-corrected chi connectivity index (χ0v) is 24.2. The summed E-state index contributed by atoms with van der Waals surface area (Å²) in [5.74, 6) is 1.22. The topological polar surface area (TPSA) is 55.3 Å². The van der Waals surface area contributed by atoms with E-state index in [2.05, 4.69) is 95.9 Å². The van der Waals surface area contributed by atoms with Crippen LogP contribution in [0, 0.1) is 0 Å². The monoisotopic (exact) mass is 585 g/mol. The average Bonchev–Trinajstić information content (AvgIpc) is 3.81. The third kappa shape index (κ3) is 4.15. The molecule has 3 aromatic heterocycles. The second kappa shape index (κ2) is 9.93. The summed E-state index contributed by atoms with van der Waals surface area (Å²) in [6.45, 7) is 0. The van der Waals surface area contributed by atoms with E-state index in [0.29, 0.717) is 11.8 Å². The van der Waals surface area contributed by atoms with Crippen LogP contribution >= 0.6 is 11.3 Å². The Labute approximate surface area is 256 Å². The van der Waals surface area contributed by atoms with Gasteiger partial charge in [0.05, 0.1) is 0 Å². The molecule has 208 valence electrons. The minimum absolute atomic E-state index is 0.609. The SMILES string of the molecule is c1ccc2oc(-c3ccc(N(c4ccc(-c5nc6ccccc6o5)cc4)c4ccc5sc6ccccc6c5c4)cc3)nc2c1. The van der Waals surface area contributed by atoms with E-state index < -0.39 is 0 Å². The van der Waals surface area contributed by atoms with E-state index >= 15 is 0 Å². The Bertz CT molecular complexity index is 2270. The van der Waals surface area contributed by atoms with Gasteiger partial charge in [-0.2, -0.15) is 0 Å². The molecule has 44 heavy (non-hydrogen) atoms. The summed E-state index contributed by atoms with van der Waals surface area (Å²) in [7, 11) is 0. The van der Waals surface area contributed by atoms with Gasteiger partial charge in [-0.1, -0.05) is 42.5 Å². The molecule has 0 fully saturated rings. The number of para-hydroxylation sites is 4. The number of aromatic nitrogens is 2. The highest BCUT2D eigenvalue weighted by Crippen LogP contribution is 2.41. The fourth-order valence-corrected chi connectivity index (χ4v) is 6.88. The van der Waals surface area contributed by atoms with Gasteiger partial charge < -0.3 is 13.7 Å². The first-order valence-electron chi connectivity index (χ1n) is 14.4. The fraction of sp³-hybridized carbons (Fsp3) is 0. The van der Waals surface area contributed by atoms with Crippen LogP contribution in [0.1, 0.15) is 0 Å². The summed E-state index contributed by atoms with van der Waals surface area (Å²) in [6.07, 6.45) is 0. The van der Waals surface area contributed by atoms with E-state index in [0.717, 1.165) is 50.4 Å². The van der Waals surface area contributed by atoms with Gasteiger partial charge in [0.1, 0.15) is 11.0 Å². The van der Waals surface area contributed by atoms with Crippen molar-refractivity contribution in [2.24, 2.45) is 0 Å². The molecule has 6 heteroatoms. The Morgan fingerprint density at radius 3 is 1.55 bits per heavy atom. The van der Waals surface area contributed by atoms with Crippen molar-refractivity contribution in [3.63, 3.8) is 0 Å². The molecule has 0 saturated heterocycles. The lowest BCUT2D eigenvalue weighted by Gasteiger charge is -2.26. The van der Waals surface area contributed by atoms with E-state index in [1.54, 1.807) is 0 Å². The zero-order chi connectivity index (χ0) is 29.0. The van der Waals surface area contributed by atoms with Gasteiger partial charge in [0.15, 0.2) is 11.2 Å². The molecule has 9 rings (SSSR count). The van der Waals surface area contributed by atoms with Crippen molar-refractivity contribution in [2.75, 3.05) is 4.90 Å². The molecule has 5 nitrogen and oxygen atoms in total. The average molecular weight is 586 g/mol. The number of nitrogens with zero attached hydrogens (tertiary/aromatic N) is 3. The molecule has 0 radical (unpaired) electrons. The van der Waals surface area contributed by atoms with E-state index in [1.165, 1.54) is 20.2 Å². The summed E-state index contributed by atoms with van der Waals surface area (Å²) < 4.78 is 14.6. The Balaban J connectivity index is 1.15. The number of hydrogen-bond acceptors (Lipinski definition) is 6. The molecule has 0 amide bonds. The quantitative estimate of drug-likeness (QED) is 0.201. The molecule has 0 aliphatic heterocycles. The van der Waals surface area contributed by atoms with Crippen LogP contribution in [0.25, 0.3) is 65.3 Å². The van der Waals surface area contributed by atoms with Crippen LogP contribution < -0.4 is 4.90 Å². The highest BCUT2D eigenvalue weighted by atomic mass is 32.1. The Morgan fingerprint density at radius 1 is 0.455 bits per heavy atom. The number of benzene rings is 6. The predicted octanol–water partition coefficient (Wildman–Crippen LogP) is 11.1. The summed E-state index contributed by atoms with van der Waals surface area (Å²) in [4.78, 5) is 11.7. The van der Waals surface area contributed by atoms with Gasteiger partial charge in [0.25, 0.3) is 0 Å². The molecule has 0 unspecified atom stereocenters. The molecule has 0 spiro atoms. The third-order valence-corrected chi connectivity index (χ3v) is 9.10. The second-order valence-corrected chi connectivity index (χ2v) is 11.8. The minimum Gasteiger partial charge on any atom is -0.436 e. The molecule has 0 N–H and O–H groups in total. The molecule has 0 aliphatic carbocycles. The number of thiophene rings is 1. The first-order chi connectivity index (χ1) is 21.8. The number of anilines is 3. The van der Waals surface area contributed by atoms with E-state index in [9.17, 15) is 0 Å². The van der Waals surface area contributed by atoms with Crippen molar-refractivity contribution >= 4 is 70.8 Å². The molecule has 3 heterocycles. The van der Waals surface area contributed by atoms with Gasteiger partial charge >= 0.3 is 0 Å². The van der Waals surface area contributed by atoms with E-state index in [4.69, 9.17) is 18.8 Å². The summed E-state index contributed by atoms with van der Waals surface area (Å²) in [5.41, 5.74) is 8.24. The molecule has 0 bridgehead atoms. The van der Waals surface area contributed by atoms with Crippen LogP contribution in [0.3, 0.4) is 0 Å². The van der Waals surface area contributed by atoms with Crippen molar-refractivity contribution in [3.8, 4) is 22.9 Å². The lowest BCUT2D eigenvalue weighted by atomic mass is 10.1. The highest BCUT2D eigenvalue weighted by Gasteiger charge is 2.17. The first kappa shape index (κ1) is 24.8. The van der Waals surface area contributed by atoms with Gasteiger partial charge in [0, 0.05) is 48.4 Å². The van der Waals surface area contributed by atoms with Gasteiger partial charge in [-0.25, -0.2) is 9.97 Å². The largest absolute Gasteiger partial charge is 0.436 e. The van der Waals surface area contributed by atoms with Gasteiger partial charge in [-0.05, 0) is 97.1 Å². The molecule has 0 atom stereocenters. The smallest absolute Gasteiger partial charge is 0.227 e. The zero-order valence-electron chi connectivity index (χ0n) is 23.3. The van der Waals surface area contributed by atoms with Crippen LogP contribution in [0.15, 0.2) is 148 Å². The van der Waals surface area contributed by atoms with Crippen molar-refractivity contribution in [1.29, 1.82) is 0 Å². The highest BCUT2D eigenvalue weighted by molar-refractivity contribution is 7.25. The molecular weight excluding hydrogens is 563 g/mol. The standard InChI is InChI=1S/C38H23N3O2S/c1-6-12-35-29(7-1)30-23-28(21-22-36(30)44-35)41(26-17-13-24(14-18-26)37-39-31-8-2-4-10-33(31)42-37)27-19-15-25(16-20-27)38-40-32-9-3-5-11-34(32)43-38/h1-23H. The molecular formula is C38H23N3O2S. The van der Waals surface area contributed by atoms with Crippen molar-refractivity contribution in [1.82, 2.24) is 9.97 Å². The summed E-state index contributed by atoms with van der Waals surface area (Å²) >= 11 is 1.82. The van der Waals surface area contributed by atoms with Crippen molar-refractivity contribution in [3.05, 3.63) is 140 Å². The Kier molecular flexibility index (Phi) is 5.61. The summed E-state index contributed by atoms with van der Waals surface area (Å²) in [5, 5.41) is 2.52. The van der Waals surface area contributed by atoms with Crippen LogP contribution in [0.4, 0.5) is 17.1 Å². The van der Waals surface area contributed by atoms with Gasteiger partial charge in [-0.15, -0.1) is 11.3 Å². The number of oxazole rings is 2. The number of fused-ring (bicyclic) bond motifs is 5. The maximum atomic E-state index is 6.04. The fourth-order valence-electron chi connectivity index (χ4n) is 5.80. The van der Waals surface area contributed by atoms with Crippen molar-refractivity contribution < 1.29 is 8.83 Å². The van der Waals surface area contributed by atoms with E-state index in [-0.39, 0.29) is 0 Å². The van der Waals surface area contributed by atoms with Gasteiger partial charge in [0.2, 0.25) is 11.8 Å². The lowest BCUT2D eigenvalue weighted by molar-refractivity contribution is 0.619. The molecule has 6 aromatic carbocycles. The Morgan fingerprint density at radius 2 is 0.955 bits per heavy atom. The predicted molar refractivity (Wildman–Crippen MR) is 180 cm³/mol. The maximum absolute atomic E-state index is 6.04. The molecule has 0 aliphatic rings. The minimum atomic E-state index is 0.609. The van der Waals surface area contributed by atoms with Crippen LogP contribution in [-0.2, 0) is 0 Å². The van der Waals surface area contributed by atoms with Crippen molar-refractivity contribution in [2.45, 2.75) is 0 Å². The van der Waals surface area contributed by atoms with Crippen LogP contribution in [0.2, 0.25) is 0 Å². The maximum Gasteiger partial charge on any atom is 0.227 e. The lowest BCUT2D eigenvalue weighted by Crippen LogP contribution is -2.09. The second-order valence-electron chi connectivity index (χ2n) is 10.7. The van der Waals surface area contributed by atoms with Gasteiger partial charge in [-0.3, -0.25) is 0 Å². The van der Waals surface area contributed by atoms with Crippen LogP contribution in [0.5, 0.6) is 0 Å². The number of rotatable bonds is 5. The summed E-state index contributed by atoms with van der Waals surface area (Å²) in [6, 6.07) is 47.7. The first-order valence-corrected chi connectivity index (χ1v) is 15.2. The van der Waals surface area contributed by atoms with Crippen LogP contribution in [-0.4, -0.2) is 9.97 Å². The van der Waals surface area contributed by atoms with E-state index in [1.807, 2.05) is 59.9 Å². The molecule has 9 aromatic rings. The number of hydrogen-bond donors (Lipinski definition) is 0. The molecule has 0 saturated carbocycles. The normalized spacial score (nSPS) is 11.6. The third-order valence-electron chi connectivity index (χ3n) is 7.95.